The lowest BCUT2D eigenvalue weighted by atomic mass is 9.96. The number of rotatable bonds is 2. The van der Waals surface area contributed by atoms with Gasteiger partial charge in [0.2, 0.25) is 0 Å². The molecule has 1 aromatic rings. The first-order chi connectivity index (χ1) is 10.2. The van der Waals surface area contributed by atoms with Crippen molar-refractivity contribution in [2.24, 2.45) is 5.92 Å². The van der Waals surface area contributed by atoms with E-state index in [1.165, 1.54) is 17.0 Å². The van der Waals surface area contributed by atoms with Gasteiger partial charge in [0.1, 0.15) is 11.4 Å². The molecule has 1 aliphatic rings. The number of carbonyl (C=O) groups excluding carboxylic acids is 1. The van der Waals surface area contributed by atoms with Gasteiger partial charge in [-0.05, 0) is 51.0 Å². The van der Waals surface area contributed by atoms with Gasteiger partial charge in [-0.2, -0.15) is 0 Å². The van der Waals surface area contributed by atoms with Crippen LogP contribution in [0.1, 0.15) is 26.3 Å². The summed E-state index contributed by atoms with van der Waals surface area (Å²) in [4.78, 5) is 13.5. The van der Waals surface area contributed by atoms with Gasteiger partial charge in [-0.1, -0.05) is 11.6 Å². The highest BCUT2D eigenvalue weighted by Gasteiger charge is 2.36. The number of ether oxygens (including phenoxy) is 1. The molecule has 2 atom stereocenters. The molecule has 122 valence electrons. The predicted octanol–water partition coefficient (Wildman–Crippen LogP) is 3.25. The number of likely N-dealkylation sites (tertiary alicyclic amines) is 1. The minimum Gasteiger partial charge on any atom is -0.444 e. The van der Waals surface area contributed by atoms with Crippen molar-refractivity contribution < 1.29 is 19.0 Å². The third-order valence-corrected chi connectivity index (χ3v) is 3.78. The molecule has 1 aliphatic heterocycles. The van der Waals surface area contributed by atoms with Crippen LogP contribution in [0.4, 0.5) is 9.18 Å². The van der Waals surface area contributed by atoms with E-state index >= 15 is 0 Å². The van der Waals surface area contributed by atoms with Crippen LogP contribution in [0.2, 0.25) is 5.02 Å². The topological polar surface area (TPSA) is 49.8 Å². The van der Waals surface area contributed by atoms with Gasteiger partial charge in [0.05, 0.1) is 12.6 Å². The molecule has 0 saturated carbocycles. The van der Waals surface area contributed by atoms with Crippen molar-refractivity contribution in [3.8, 4) is 0 Å². The molecule has 2 rings (SSSR count). The average Bonchev–Trinajstić information content (AvgIpc) is 2.74. The lowest BCUT2D eigenvalue weighted by molar-refractivity contribution is 0.0269. The van der Waals surface area contributed by atoms with Crippen LogP contribution in [0.5, 0.6) is 0 Å². The molecule has 1 amide bonds. The number of hydrogen-bond acceptors (Lipinski definition) is 3. The summed E-state index contributed by atoms with van der Waals surface area (Å²) < 4.78 is 19.1. The minimum atomic E-state index is -0.703. The average molecular weight is 330 g/mol. The second-order valence-electron chi connectivity index (χ2n) is 6.65. The van der Waals surface area contributed by atoms with E-state index in [0.29, 0.717) is 23.6 Å². The van der Waals surface area contributed by atoms with Crippen LogP contribution in [0, 0.1) is 11.7 Å². The zero-order chi connectivity index (χ0) is 16.5. The van der Waals surface area contributed by atoms with Crippen LogP contribution in [-0.2, 0) is 11.2 Å². The Balaban J connectivity index is 2.02. The molecule has 0 aromatic heterocycles. The van der Waals surface area contributed by atoms with Gasteiger partial charge in [-0.3, -0.25) is 0 Å². The first-order valence-electron chi connectivity index (χ1n) is 7.25. The van der Waals surface area contributed by atoms with Crippen LogP contribution in [0.3, 0.4) is 0 Å². The third kappa shape index (κ3) is 4.34. The maximum atomic E-state index is 13.8. The van der Waals surface area contributed by atoms with E-state index in [2.05, 4.69) is 0 Å². The molecule has 2 unspecified atom stereocenters. The van der Waals surface area contributed by atoms with Crippen LogP contribution >= 0.6 is 11.6 Å². The number of hydrogen-bond donors (Lipinski definition) is 1. The Morgan fingerprint density at radius 1 is 1.45 bits per heavy atom. The number of amides is 1. The fraction of sp³-hybridized carbons (Fsp3) is 0.562. The number of carbonyl (C=O) groups is 1. The second-order valence-corrected chi connectivity index (χ2v) is 7.09. The Labute approximate surface area is 134 Å². The summed E-state index contributed by atoms with van der Waals surface area (Å²) in [5, 5.41) is 10.6. The molecule has 1 saturated heterocycles. The lowest BCUT2D eigenvalue weighted by Gasteiger charge is -2.24. The van der Waals surface area contributed by atoms with E-state index < -0.39 is 17.8 Å². The van der Waals surface area contributed by atoms with Crippen molar-refractivity contribution in [3.05, 3.63) is 34.6 Å². The molecule has 1 aromatic carbocycles. The van der Waals surface area contributed by atoms with Crippen molar-refractivity contribution in [2.45, 2.75) is 38.9 Å². The maximum absolute atomic E-state index is 13.8. The first-order valence-corrected chi connectivity index (χ1v) is 7.63. The zero-order valence-corrected chi connectivity index (χ0v) is 13.7. The molecule has 0 aliphatic carbocycles. The van der Waals surface area contributed by atoms with Crippen LogP contribution in [0.25, 0.3) is 0 Å². The summed E-state index contributed by atoms with van der Waals surface area (Å²) in [7, 11) is 0. The largest absolute Gasteiger partial charge is 0.444 e. The van der Waals surface area contributed by atoms with Gasteiger partial charge in [-0.15, -0.1) is 0 Å². The molecule has 4 nitrogen and oxygen atoms in total. The fourth-order valence-electron chi connectivity index (χ4n) is 2.51. The smallest absolute Gasteiger partial charge is 0.410 e. The number of β-amino-alcohol motifs (C(OH)–C–C–N with tert-alkyl or cyclic N) is 1. The Morgan fingerprint density at radius 2 is 2.14 bits per heavy atom. The van der Waals surface area contributed by atoms with Gasteiger partial charge in [-0.25, -0.2) is 9.18 Å². The SMILES string of the molecule is CC(C)(C)OC(=O)N1CC(O)C(Cc2cc(Cl)ccc2F)C1. The van der Waals surface area contributed by atoms with E-state index in [1.807, 2.05) is 0 Å². The first kappa shape index (κ1) is 17.0. The van der Waals surface area contributed by atoms with E-state index in [9.17, 15) is 14.3 Å². The van der Waals surface area contributed by atoms with Crippen LogP contribution in [-0.4, -0.2) is 40.9 Å². The standard InChI is InChI=1S/C16H21ClFNO3/c1-16(2,3)22-15(21)19-8-11(14(20)9-19)6-10-7-12(17)4-5-13(10)18/h4-5,7,11,14,20H,6,8-9H2,1-3H3. The summed E-state index contributed by atoms with van der Waals surface area (Å²) in [5.74, 6) is -0.590. The summed E-state index contributed by atoms with van der Waals surface area (Å²) in [5.41, 5.74) is -0.137. The van der Waals surface area contributed by atoms with E-state index in [-0.39, 0.29) is 18.3 Å². The molecule has 0 bridgehead atoms. The van der Waals surface area contributed by atoms with Crippen molar-refractivity contribution in [1.82, 2.24) is 4.90 Å². The van der Waals surface area contributed by atoms with E-state index in [4.69, 9.17) is 16.3 Å². The number of halogens is 2. The number of nitrogens with zero attached hydrogens (tertiary/aromatic N) is 1. The van der Waals surface area contributed by atoms with Crippen molar-refractivity contribution in [2.75, 3.05) is 13.1 Å². The normalized spacial score (nSPS) is 22.0. The molecule has 1 fully saturated rings. The molecule has 6 heteroatoms. The van der Waals surface area contributed by atoms with Gasteiger partial charge in [0.15, 0.2) is 0 Å². The summed E-state index contributed by atoms with van der Waals surface area (Å²) in [6.07, 6.45) is -0.834. The summed E-state index contributed by atoms with van der Waals surface area (Å²) in [6, 6.07) is 4.35. The van der Waals surface area contributed by atoms with Crippen LogP contribution in [0.15, 0.2) is 18.2 Å². The molecular formula is C16H21ClFNO3. The lowest BCUT2D eigenvalue weighted by Crippen LogP contribution is -2.35. The van der Waals surface area contributed by atoms with E-state index in [0.717, 1.165) is 0 Å². The Hall–Kier alpha value is -1.33. The molecule has 22 heavy (non-hydrogen) atoms. The van der Waals surface area contributed by atoms with Crippen LogP contribution < -0.4 is 0 Å². The molecule has 0 radical (unpaired) electrons. The highest BCUT2D eigenvalue weighted by Crippen LogP contribution is 2.25. The van der Waals surface area contributed by atoms with Gasteiger partial charge >= 0.3 is 6.09 Å². The molecular weight excluding hydrogens is 309 g/mol. The van der Waals surface area contributed by atoms with Gasteiger partial charge < -0.3 is 14.7 Å². The highest BCUT2D eigenvalue weighted by atomic mass is 35.5. The highest BCUT2D eigenvalue weighted by molar-refractivity contribution is 6.30. The van der Waals surface area contributed by atoms with Crippen molar-refractivity contribution >= 4 is 17.7 Å². The van der Waals surface area contributed by atoms with Gasteiger partial charge in [0, 0.05) is 17.5 Å². The van der Waals surface area contributed by atoms with E-state index in [1.54, 1.807) is 26.8 Å². The molecule has 0 spiro atoms. The summed E-state index contributed by atoms with van der Waals surface area (Å²) in [6.45, 7) is 5.90. The zero-order valence-electron chi connectivity index (χ0n) is 13.0. The third-order valence-electron chi connectivity index (χ3n) is 3.55. The number of aliphatic hydroxyl groups excluding tert-OH is 1. The Morgan fingerprint density at radius 3 is 2.77 bits per heavy atom. The predicted molar refractivity (Wildman–Crippen MR) is 82.4 cm³/mol. The summed E-state index contributed by atoms with van der Waals surface area (Å²) >= 11 is 5.88. The maximum Gasteiger partial charge on any atom is 0.410 e. The Bertz CT molecular complexity index is 559. The van der Waals surface area contributed by atoms with Gasteiger partial charge in [0.25, 0.3) is 0 Å². The van der Waals surface area contributed by atoms with Crippen molar-refractivity contribution in [1.29, 1.82) is 0 Å². The fourth-order valence-corrected chi connectivity index (χ4v) is 2.71. The second kappa shape index (κ2) is 6.42. The Kier molecular flexibility index (Phi) is 4.97. The molecule has 1 heterocycles. The monoisotopic (exact) mass is 329 g/mol. The molecule has 1 N–H and O–H groups in total. The van der Waals surface area contributed by atoms with Crippen molar-refractivity contribution in [3.63, 3.8) is 0 Å². The number of benzene rings is 1. The minimum absolute atomic E-state index is 0.196. The number of aliphatic hydroxyl groups is 1. The quantitative estimate of drug-likeness (QED) is 0.906.